The fourth-order valence-corrected chi connectivity index (χ4v) is 7.29. The molecule has 2 N–H and O–H groups in total. The smallest absolute Gasteiger partial charge is 0.313 e. The maximum Gasteiger partial charge on any atom is 0.313 e. The highest BCUT2D eigenvalue weighted by atomic mass is 16.6. The van der Waals surface area contributed by atoms with Gasteiger partial charge in [0, 0.05) is 32.7 Å². The van der Waals surface area contributed by atoms with Crippen molar-refractivity contribution in [1.82, 2.24) is 15.1 Å². The maximum absolute atomic E-state index is 14.3. The molecule has 0 radical (unpaired) electrons. The molecule has 7 atom stereocenters. The van der Waals surface area contributed by atoms with E-state index in [0.29, 0.717) is 44.3 Å². The van der Waals surface area contributed by atoms with Gasteiger partial charge in [-0.15, -0.1) is 13.2 Å². The lowest BCUT2D eigenvalue weighted by atomic mass is 9.70. The predicted molar refractivity (Wildman–Crippen MR) is 170 cm³/mol. The number of hydrogen-bond donors (Lipinski definition) is 2. The molecule has 3 heterocycles. The zero-order valence-electron chi connectivity index (χ0n) is 26.7. The van der Waals surface area contributed by atoms with Gasteiger partial charge in [0.1, 0.15) is 17.7 Å². The summed E-state index contributed by atoms with van der Waals surface area (Å²) >= 11 is 0. The topological polar surface area (TPSA) is 125 Å². The molecule has 1 aromatic rings. The monoisotopic (exact) mass is 623 g/mol. The van der Waals surface area contributed by atoms with Gasteiger partial charge in [0.25, 0.3) is 0 Å². The molecule has 246 valence electrons. The van der Waals surface area contributed by atoms with Gasteiger partial charge in [-0.3, -0.25) is 19.2 Å². The van der Waals surface area contributed by atoms with Crippen molar-refractivity contribution in [2.75, 3.05) is 26.2 Å². The number of likely N-dealkylation sites (tertiary alicyclic amines) is 1. The van der Waals surface area contributed by atoms with Crippen LogP contribution >= 0.6 is 0 Å². The molecule has 3 saturated heterocycles. The van der Waals surface area contributed by atoms with Crippen LogP contribution in [0.25, 0.3) is 0 Å². The quantitative estimate of drug-likeness (QED) is 0.145. The zero-order chi connectivity index (χ0) is 32.6. The largest absolute Gasteiger partial charge is 0.455 e. The first-order valence-electron chi connectivity index (χ1n) is 16.4. The first kappa shape index (κ1) is 34.4. The van der Waals surface area contributed by atoms with Crippen LogP contribution in [0.15, 0.2) is 55.6 Å². The first-order chi connectivity index (χ1) is 21.7. The van der Waals surface area contributed by atoms with Gasteiger partial charge in [-0.2, -0.15) is 0 Å². The van der Waals surface area contributed by atoms with Crippen molar-refractivity contribution in [1.29, 1.82) is 0 Å². The summed E-state index contributed by atoms with van der Waals surface area (Å²) in [5.74, 6) is -3.08. The van der Waals surface area contributed by atoms with Gasteiger partial charge >= 0.3 is 5.97 Å². The standard InChI is InChI=1S/C35H49N3O7/c1-5-8-13-21-37(20-7-3)33(42)31-35-19-18-26(45-35)28(29(35)32(41)38(31)22-14-23-39)34(43)44-30(25-15-11-10-12-16-25)24(4)36-27(40)17-9-6-2/h6-7,10-12,15-16,24,26,28-31,39H,2-3,5,8-9,13-14,17-23H2,1,4H3,(H,36,40)/t24-,26+,28-,29-,30-,31+,35-/m1/s1. The lowest BCUT2D eigenvalue weighted by Crippen LogP contribution is -2.56. The summed E-state index contributed by atoms with van der Waals surface area (Å²) in [5, 5.41) is 12.6. The van der Waals surface area contributed by atoms with Crippen LogP contribution in [0.4, 0.5) is 0 Å². The van der Waals surface area contributed by atoms with Crippen molar-refractivity contribution in [3.63, 3.8) is 0 Å². The Balaban J connectivity index is 1.63. The van der Waals surface area contributed by atoms with Crippen molar-refractivity contribution >= 4 is 23.7 Å². The molecule has 0 saturated carbocycles. The second-order valence-electron chi connectivity index (χ2n) is 12.4. The van der Waals surface area contributed by atoms with E-state index < -0.39 is 47.7 Å². The van der Waals surface area contributed by atoms with E-state index in [9.17, 15) is 24.3 Å². The van der Waals surface area contributed by atoms with Crippen LogP contribution in [0.5, 0.6) is 0 Å². The number of aliphatic hydroxyl groups excluding tert-OH is 1. The third-order valence-corrected chi connectivity index (χ3v) is 9.35. The highest BCUT2D eigenvalue weighted by Crippen LogP contribution is 2.59. The molecule has 10 nitrogen and oxygen atoms in total. The van der Waals surface area contributed by atoms with Crippen molar-refractivity contribution in [2.24, 2.45) is 11.8 Å². The molecule has 45 heavy (non-hydrogen) atoms. The number of hydrogen-bond acceptors (Lipinski definition) is 7. The lowest BCUT2D eigenvalue weighted by Gasteiger charge is -2.36. The molecule has 1 spiro atoms. The van der Waals surface area contributed by atoms with Crippen LogP contribution in [0, 0.1) is 11.8 Å². The number of rotatable bonds is 18. The van der Waals surface area contributed by atoms with Crippen molar-refractivity contribution in [2.45, 2.75) is 95.1 Å². The summed E-state index contributed by atoms with van der Waals surface area (Å²) in [6.45, 7) is 12.3. The number of fused-ring (bicyclic) bond motifs is 1. The number of nitrogens with one attached hydrogen (secondary N) is 1. The van der Waals surface area contributed by atoms with E-state index in [4.69, 9.17) is 9.47 Å². The predicted octanol–water partition coefficient (Wildman–Crippen LogP) is 3.70. The van der Waals surface area contributed by atoms with Gasteiger partial charge in [0.2, 0.25) is 17.7 Å². The second kappa shape index (κ2) is 15.7. The summed E-state index contributed by atoms with van der Waals surface area (Å²) in [7, 11) is 0. The minimum absolute atomic E-state index is 0.140. The minimum atomic E-state index is -1.16. The van der Waals surface area contributed by atoms with E-state index in [0.717, 1.165) is 19.3 Å². The number of ether oxygens (including phenoxy) is 2. The third kappa shape index (κ3) is 7.17. The van der Waals surface area contributed by atoms with Crippen LogP contribution in [0.2, 0.25) is 0 Å². The SMILES string of the molecule is C=CCCC(=O)N[C@H](C)[C@@H](OC(=O)[C@@H]1[C@@H]2CC[C@]3(O2)[C@H](C(=O)N(CC=C)CCCCC)N(CCCO)C(=O)[C@@H]13)c1ccccc1. The van der Waals surface area contributed by atoms with Gasteiger partial charge in [0.15, 0.2) is 0 Å². The first-order valence-corrected chi connectivity index (χ1v) is 16.4. The average Bonchev–Trinajstić information content (AvgIpc) is 3.68. The number of unbranched alkanes of at least 4 members (excludes halogenated alkanes) is 2. The molecule has 3 aliphatic rings. The molecule has 10 heteroatoms. The van der Waals surface area contributed by atoms with Crippen LogP contribution in [-0.2, 0) is 28.7 Å². The second-order valence-corrected chi connectivity index (χ2v) is 12.4. The molecule has 0 aliphatic carbocycles. The van der Waals surface area contributed by atoms with Gasteiger partial charge < -0.3 is 29.7 Å². The van der Waals surface area contributed by atoms with E-state index >= 15 is 0 Å². The van der Waals surface area contributed by atoms with Crippen LogP contribution in [-0.4, -0.2) is 88.6 Å². The van der Waals surface area contributed by atoms with Crippen LogP contribution < -0.4 is 5.32 Å². The third-order valence-electron chi connectivity index (χ3n) is 9.35. The Morgan fingerprint density at radius 2 is 1.96 bits per heavy atom. The number of allylic oxidation sites excluding steroid dienone is 1. The Hall–Kier alpha value is -3.50. The molecular formula is C35H49N3O7. The number of aliphatic hydroxyl groups is 1. The van der Waals surface area contributed by atoms with Gasteiger partial charge in [-0.1, -0.05) is 62.2 Å². The van der Waals surface area contributed by atoms with Crippen molar-refractivity contribution in [3.05, 3.63) is 61.2 Å². The van der Waals surface area contributed by atoms with E-state index in [1.807, 2.05) is 30.3 Å². The molecule has 2 bridgehead atoms. The van der Waals surface area contributed by atoms with Crippen molar-refractivity contribution in [3.8, 4) is 0 Å². The summed E-state index contributed by atoms with van der Waals surface area (Å²) < 4.78 is 12.7. The maximum atomic E-state index is 14.3. The normalized spacial score (nSPS) is 26.2. The molecular weight excluding hydrogens is 574 g/mol. The Bertz CT molecular complexity index is 1220. The number of benzene rings is 1. The van der Waals surface area contributed by atoms with Crippen LogP contribution in [0.1, 0.15) is 76.9 Å². The van der Waals surface area contributed by atoms with E-state index in [1.165, 1.54) is 4.90 Å². The molecule has 3 aliphatic heterocycles. The number of carbonyl (C=O) groups is 4. The van der Waals surface area contributed by atoms with Gasteiger partial charge in [0.05, 0.1) is 24.0 Å². The average molecular weight is 624 g/mol. The minimum Gasteiger partial charge on any atom is -0.455 e. The van der Waals surface area contributed by atoms with Crippen molar-refractivity contribution < 1.29 is 33.8 Å². The Morgan fingerprint density at radius 3 is 2.62 bits per heavy atom. The molecule has 0 unspecified atom stereocenters. The summed E-state index contributed by atoms with van der Waals surface area (Å²) in [5.41, 5.74) is -0.446. The summed E-state index contributed by atoms with van der Waals surface area (Å²) in [6.07, 6.45) is 6.86. The number of nitrogens with zero attached hydrogens (tertiary/aromatic N) is 2. The zero-order valence-corrected chi connectivity index (χ0v) is 26.7. The fourth-order valence-electron chi connectivity index (χ4n) is 7.29. The highest BCUT2D eigenvalue weighted by Gasteiger charge is 2.75. The van der Waals surface area contributed by atoms with E-state index in [1.54, 1.807) is 24.0 Å². The van der Waals surface area contributed by atoms with Crippen LogP contribution in [0.3, 0.4) is 0 Å². The fraction of sp³-hybridized carbons (Fsp3) is 0.600. The Kier molecular flexibility index (Phi) is 12.0. The molecule has 0 aromatic heterocycles. The summed E-state index contributed by atoms with van der Waals surface area (Å²) in [6, 6.07) is 7.75. The van der Waals surface area contributed by atoms with E-state index in [2.05, 4.69) is 25.4 Å². The Morgan fingerprint density at radius 1 is 1.20 bits per heavy atom. The molecule has 4 rings (SSSR count). The molecule has 3 fully saturated rings. The summed E-state index contributed by atoms with van der Waals surface area (Å²) in [4.78, 5) is 58.4. The van der Waals surface area contributed by atoms with Gasteiger partial charge in [-0.25, -0.2) is 0 Å². The molecule has 3 amide bonds. The highest BCUT2D eigenvalue weighted by molar-refractivity contribution is 5.98. The van der Waals surface area contributed by atoms with Gasteiger partial charge in [-0.05, 0) is 44.6 Å². The van der Waals surface area contributed by atoms with E-state index in [-0.39, 0.29) is 37.3 Å². The number of carbonyl (C=O) groups excluding carboxylic acids is 4. The number of amides is 3. The Labute approximate surface area is 266 Å². The molecule has 1 aromatic carbocycles. The number of esters is 1. The lowest BCUT2D eigenvalue weighted by molar-refractivity contribution is -0.162.